The normalized spacial score (nSPS) is 8.17. The quantitative estimate of drug-likeness (QED) is 0.272. The van der Waals surface area contributed by atoms with E-state index in [4.69, 9.17) is 0 Å². The fourth-order valence-corrected chi connectivity index (χ4v) is 0.512. The maximum atomic E-state index is 10.7. The van der Waals surface area contributed by atoms with Crippen molar-refractivity contribution >= 4 is 11.9 Å². The summed E-state index contributed by atoms with van der Waals surface area (Å²) in [6.45, 7) is 3.32. The van der Waals surface area contributed by atoms with E-state index < -0.39 is 11.9 Å². The molecule has 4 heteroatoms. The van der Waals surface area contributed by atoms with Crippen LogP contribution in [0, 0.1) is 11.8 Å². The molecule has 0 aromatic carbocycles. The number of rotatable bonds is 3. The van der Waals surface area contributed by atoms with E-state index in [2.05, 4.69) is 21.9 Å². The van der Waals surface area contributed by atoms with E-state index in [-0.39, 0.29) is 6.54 Å². The van der Waals surface area contributed by atoms with Gasteiger partial charge in [-0.25, -0.2) is 0 Å². The molecule has 0 aromatic heterocycles. The van der Waals surface area contributed by atoms with Crippen LogP contribution in [0.25, 0.3) is 0 Å². The molecule has 66 valence electrons. The summed E-state index contributed by atoms with van der Waals surface area (Å²) in [6, 6.07) is 0. The van der Waals surface area contributed by atoms with Crippen molar-refractivity contribution in [1.29, 1.82) is 0 Å². The van der Waals surface area contributed by atoms with Gasteiger partial charge in [0.05, 0.1) is 13.1 Å². The van der Waals surface area contributed by atoms with Crippen LogP contribution in [0.15, 0.2) is 0 Å². The molecule has 0 heterocycles. The number of ether oxygens (including phenoxy) is 1. The van der Waals surface area contributed by atoms with Crippen LogP contribution in [0.4, 0.5) is 0 Å². The van der Waals surface area contributed by atoms with E-state index in [1.807, 2.05) is 0 Å². The van der Waals surface area contributed by atoms with Crippen LogP contribution in [0.1, 0.15) is 13.8 Å². The van der Waals surface area contributed by atoms with Gasteiger partial charge >= 0.3 is 11.9 Å². The van der Waals surface area contributed by atoms with E-state index >= 15 is 0 Å². The first-order valence-corrected chi connectivity index (χ1v) is 3.48. The van der Waals surface area contributed by atoms with Crippen LogP contribution in [-0.2, 0) is 14.3 Å². The first-order chi connectivity index (χ1) is 5.66. The predicted octanol–water partition coefficient (Wildman–Crippen LogP) is -0.311. The van der Waals surface area contributed by atoms with E-state index in [1.54, 1.807) is 6.92 Å². The molecular weight excluding hydrogens is 158 g/mol. The van der Waals surface area contributed by atoms with Crippen molar-refractivity contribution in [3.05, 3.63) is 0 Å². The first-order valence-electron chi connectivity index (χ1n) is 3.48. The molecule has 0 aliphatic carbocycles. The third kappa shape index (κ3) is 6.78. The van der Waals surface area contributed by atoms with Gasteiger partial charge in [0, 0.05) is 6.92 Å². The van der Waals surface area contributed by atoms with E-state index in [1.165, 1.54) is 6.92 Å². The highest BCUT2D eigenvalue weighted by atomic mass is 16.6. The Morgan fingerprint density at radius 2 is 2.17 bits per heavy atom. The molecule has 0 radical (unpaired) electrons. The van der Waals surface area contributed by atoms with Gasteiger partial charge in [-0.3, -0.25) is 14.9 Å². The molecule has 0 spiro atoms. The second-order valence-corrected chi connectivity index (χ2v) is 2.00. The number of esters is 2. The van der Waals surface area contributed by atoms with Crippen molar-refractivity contribution in [2.75, 3.05) is 13.1 Å². The topological polar surface area (TPSA) is 55.4 Å². The number of nitrogens with one attached hydrogen (secondary N) is 1. The zero-order valence-electron chi connectivity index (χ0n) is 7.14. The maximum absolute atomic E-state index is 10.7. The Hall–Kier alpha value is -1.34. The van der Waals surface area contributed by atoms with Crippen molar-refractivity contribution in [2.24, 2.45) is 0 Å². The smallest absolute Gasteiger partial charge is 0.327 e. The van der Waals surface area contributed by atoms with Crippen LogP contribution in [0.3, 0.4) is 0 Å². The summed E-state index contributed by atoms with van der Waals surface area (Å²) in [6.07, 6.45) is 0. The van der Waals surface area contributed by atoms with Gasteiger partial charge in [0.1, 0.15) is 0 Å². The van der Waals surface area contributed by atoms with Crippen molar-refractivity contribution in [3.63, 3.8) is 0 Å². The van der Waals surface area contributed by atoms with Gasteiger partial charge in [0.2, 0.25) is 0 Å². The van der Waals surface area contributed by atoms with Crippen molar-refractivity contribution in [2.45, 2.75) is 13.8 Å². The Bertz CT molecular complexity index is 224. The molecule has 0 atom stereocenters. The summed E-state index contributed by atoms with van der Waals surface area (Å²) in [5.41, 5.74) is 0. The minimum absolute atomic E-state index is 0.00819. The average Bonchev–Trinajstić information content (AvgIpc) is 1.97. The summed E-state index contributed by atoms with van der Waals surface area (Å²) in [5.74, 6) is 4.18. The number of hydrogen-bond donors (Lipinski definition) is 1. The van der Waals surface area contributed by atoms with Crippen LogP contribution >= 0.6 is 0 Å². The van der Waals surface area contributed by atoms with Gasteiger partial charge in [-0.05, 0) is 6.92 Å². The number of carbonyl (C=O) groups is 2. The van der Waals surface area contributed by atoms with Gasteiger partial charge in [-0.1, -0.05) is 5.92 Å². The van der Waals surface area contributed by atoms with Gasteiger partial charge < -0.3 is 4.74 Å². The molecule has 0 fully saturated rings. The van der Waals surface area contributed by atoms with Gasteiger partial charge in [-0.2, -0.15) is 0 Å². The van der Waals surface area contributed by atoms with Gasteiger partial charge in [-0.15, -0.1) is 5.92 Å². The van der Waals surface area contributed by atoms with Crippen molar-refractivity contribution in [3.8, 4) is 11.8 Å². The molecule has 0 unspecified atom stereocenters. The summed E-state index contributed by atoms with van der Waals surface area (Å²) < 4.78 is 4.24. The highest BCUT2D eigenvalue weighted by molar-refractivity contribution is 5.85. The zero-order chi connectivity index (χ0) is 9.40. The third-order valence-electron chi connectivity index (χ3n) is 0.917. The molecule has 4 nitrogen and oxygen atoms in total. The largest absolute Gasteiger partial charge is 0.392 e. The second-order valence-electron chi connectivity index (χ2n) is 2.00. The van der Waals surface area contributed by atoms with Crippen LogP contribution in [-0.4, -0.2) is 25.0 Å². The molecule has 0 aromatic rings. The SMILES string of the molecule is CC#CCNCC(=O)OC(C)=O. The zero-order valence-corrected chi connectivity index (χ0v) is 7.14. The van der Waals surface area contributed by atoms with Crippen LogP contribution in [0.2, 0.25) is 0 Å². The molecule has 12 heavy (non-hydrogen) atoms. The molecule has 0 saturated heterocycles. The molecule has 0 rings (SSSR count). The van der Waals surface area contributed by atoms with Crippen LogP contribution in [0.5, 0.6) is 0 Å². The summed E-state index contributed by atoms with van der Waals surface area (Å²) in [5, 5.41) is 2.69. The van der Waals surface area contributed by atoms with E-state index in [0.29, 0.717) is 6.54 Å². The van der Waals surface area contributed by atoms with Crippen molar-refractivity contribution in [1.82, 2.24) is 5.32 Å². The summed E-state index contributed by atoms with van der Waals surface area (Å²) in [7, 11) is 0. The number of carbonyl (C=O) groups excluding carboxylic acids is 2. The molecule has 0 amide bonds. The maximum Gasteiger partial charge on any atom is 0.327 e. The molecule has 1 N–H and O–H groups in total. The fourth-order valence-electron chi connectivity index (χ4n) is 0.512. The predicted molar refractivity (Wildman–Crippen MR) is 43.1 cm³/mol. The van der Waals surface area contributed by atoms with Gasteiger partial charge in [0.15, 0.2) is 0 Å². The highest BCUT2D eigenvalue weighted by Gasteiger charge is 2.03. The molecular formula is C8H11NO3. The Kier molecular flexibility index (Phi) is 5.66. The Morgan fingerprint density at radius 1 is 1.50 bits per heavy atom. The number of hydrogen-bond acceptors (Lipinski definition) is 4. The van der Waals surface area contributed by atoms with Crippen LogP contribution < -0.4 is 5.32 Å². The minimum atomic E-state index is -0.594. The molecule has 0 saturated carbocycles. The minimum Gasteiger partial charge on any atom is -0.392 e. The lowest BCUT2D eigenvalue weighted by Gasteiger charge is -1.98. The third-order valence-corrected chi connectivity index (χ3v) is 0.917. The first kappa shape index (κ1) is 10.7. The Balaban J connectivity index is 3.42. The highest BCUT2D eigenvalue weighted by Crippen LogP contribution is 1.76. The lowest BCUT2D eigenvalue weighted by molar-refractivity contribution is -0.157. The van der Waals surface area contributed by atoms with Crippen molar-refractivity contribution < 1.29 is 14.3 Å². The molecule has 0 bridgehead atoms. The van der Waals surface area contributed by atoms with Gasteiger partial charge in [0.25, 0.3) is 0 Å². The Labute approximate surface area is 71.3 Å². The Morgan fingerprint density at radius 3 is 2.67 bits per heavy atom. The lowest BCUT2D eigenvalue weighted by Crippen LogP contribution is -2.26. The van der Waals surface area contributed by atoms with E-state index in [9.17, 15) is 9.59 Å². The second kappa shape index (κ2) is 6.38. The fraction of sp³-hybridized carbons (Fsp3) is 0.500. The summed E-state index contributed by atoms with van der Waals surface area (Å²) in [4.78, 5) is 20.9. The lowest BCUT2D eigenvalue weighted by atomic mass is 10.5. The molecule has 0 aliphatic rings. The monoisotopic (exact) mass is 169 g/mol. The van der Waals surface area contributed by atoms with E-state index in [0.717, 1.165) is 0 Å². The average molecular weight is 169 g/mol. The standard InChI is InChI=1S/C8H11NO3/c1-3-4-5-9-6-8(11)12-7(2)10/h9H,5-6H2,1-2H3. The summed E-state index contributed by atoms with van der Waals surface area (Å²) >= 11 is 0. The molecule has 0 aliphatic heterocycles.